The van der Waals surface area contributed by atoms with Crippen molar-refractivity contribution in [1.82, 2.24) is 15.0 Å². The summed E-state index contributed by atoms with van der Waals surface area (Å²) in [5.41, 5.74) is 0.749. The Kier molecular flexibility index (Phi) is 2.14. The highest BCUT2D eigenvalue weighted by Gasteiger charge is 2.20. The zero-order chi connectivity index (χ0) is 11.1. The van der Waals surface area contributed by atoms with Crippen LogP contribution >= 0.6 is 0 Å². The third-order valence-corrected chi connectivity index (χ3v) is 2.24. The van der Waals surface area contributed by atoms with Gasteiger partial charge in [0.05, 0.1) is 12.5 Å². The van der Waals surface area contributed by atoms with E-state index in [0.717, 1.165) is 16.9 Å². The van der Waals surface area contributed by atoms with E-state index in [4.69, 9.17) is 4.74 Å². The van der Waals surface area contributed by atoms with Crippen molar-refractivity contribution in [2.24, 2.45) is 0 Å². The van der Waals surface area contributed by atoms with Crippen LogP contribution in [0.2, 0.25) is 0 Å². The summed E-state index contributed by atoms with van der Waals surface area (Å²) in [6.45, 7) is 6.24. The van der Waals surface area contributed by atoms with E-state index in [2.05, 4.69) is 35.7 Å². The summed E-state index contributed by atoms with van der Waals surface area (Å²) in [4.78, 5) is 12.0. The van der Waals surface area contributed by atoms with E-state index in [1.54, 1.807) is 7.11 Å². The minimum Gasteiger partial charge on any atom is -0.480 e. The van der Waals surface area contributed by atoms with Crippen LogP contribution in [-0.4, -0.2) is 22.1 Å². The van der Waals surface area contributed by atoms with Crippen LogP contribution in [0.5, 0.6) is 5.88 Å². The number of H-pyrrole nitrogens is 1. The predicted molar refractivity (Wildman–Crippen MR) is 59.1 cm³/mol. The molecule has 4 nitrogen and oxygen atoms in total. The van der Waals surface area contributed by atoms with Crippen molar-refractivity contribution < 1.29 is 4.74 Å². The Bertz CT molecular complexity index is 482. The lowest BCUT2D eigenvalue weighted by atomic mass is 9.96. The van der Waals surface area contributed by atoms with Crippen LogP contribution in [0.25, 0.3) is 11.0 Å². The molecule has 80 valence electrons. The lowest BCUT2D eigenvalue weighted by molar-refractivity contribution is 0.395. The highest BCUT2D eigenvalue weighted by molar-refractivity contribution is 5.80. The Morgan fingerprint density at radius 3 is 2.60 bits per heavy atom. The molecule has 0 bridgehead atoms. The van der Waals surface area contributed by atoms with Gasteiger partial charge >= 0.3 is 0 Å². The molecule has 0 unspecified atom stereocenters. The highest BCUT2D eigenvalue weighted by Crippen LogP contribution is 2.26. The molecule has 0 aromatic carbocycles. The van der Waals surface area contributed by atoms with Crippen LogP contribution < -0.4 is 4.74 Å². The third kappa shape index (κ3) is 1.67. The Labute approximate surface area is 88.7 Å². The fourth-order valence-electron chi connectivity index (χ4n) is 1.40. The first-order valence-electron chi connectivity index (χ1n) is 4.92. The summed E-state index contributed by atoms with van der Waals surface area (Å²) in [7, 11) is 1.63. The van der Waals surface area contributed by atoms with Crippen LogP contribution in [0.15, 0.2) is 12.3 Å². The summed E-state index contributed by atoms with van der Waals surface area (Å²) < 4.78 is 5.25. The standard InChI is InChI=1S/C11H15N3O/c1-11(2,3)10-13-8-7(5-6-12-8)9(14-10)15-4/h5-6H,1-4H3,(H,12,13,14). The summed E-state index contributed by atoms with van der Waals surface area (Å²) in [6.07, 6.45) is 1.84. The minimum absolute atomic E-state index is 0.0768. The number of hydrogen-bond donors (Lipinski definition) is 1. The summed E-state index contributed by atoms with van der Waals surface area (Å²) in [5.74, 6) is 1.42. The van der Waals surface area contributed by atoms with Crippen molar-refractivity contribution in [3.8, 4) is 5.88 Å². The second kappa shape index (κ2) is 3.22. The zero-order valence-electron chi connectivity index (χ0n) is 9.46. The van der Waals surface area contributed by atoms with E-state index in [1.807, 2.05) is 12.3 Å². The molecule has 15 heavy (non-hydrogen) atoms. The number of fused-ring (bicyclic) bond motifs is 1. The fourth-order valence-corrected chi connectivity index (χ4v) is 1.40. The summed E-state index contributed by atoms with van der Waals surface area (Å²) >= 11 is 0. The molecule has 0 atom stereocenters. The molecular formula is C11H15N3O. The van der Waals surface area contributed by atoms with Crippen molar-refractivity contribution in [3.63, 3.8) is 0 Å². The largest absolute Gasteiger partial charge is 0.480 e. The van der Waals surface area contributed by atoms with Gasteiger partial charge in [0.15, 0.2) is 0 Å². The Morgan fingerprint density at radius 1 is 1.27 bits per heavy atom. The van der Waals surface area contributed by atoms with E-state index < -0.39 is 0 Å². The first-order valence-corrected chi connectivity index (χ1v) is 4.92. The van der Waals surface area contributed by atoms with Gasteiger partial charge in [-0.2, -0.15) is 4.98 Å². The van der Waals surface area contributed by atoms with E-state index in [-0.39, 0.29) is 5.41 Å². The van der Waals surface area contributed by atoms with Gasteiger partial charge < -0.3 is 9.72 Å². The number of nitrogens with zero attached hydrogens (tertiary/aromatic N) is 2. The molecule has 2 aromatic heterocycles. The van der Waals surface area contributed by atoms with Crippen LogP contribution in [0.4, 0.5) is 0 Å². The maximum absolute atomic E-state index is 5.25. The Morgan fingerprint density at radius 2 is 2.00 bits per heavy atom. The lowest BCUT2D eigenvalue weighted by Crippen LogP contribution is -2.16. The SMILES string of the molecule is COc1nc(C(C)(C)C)nc2[nH]ccc12. The third-order valence-electron chi connectivity index (χ3n) is 2.24. The van der Waals surface area contributed by atoms with Crippen LogP contribution in [0.1, 0.15) is 26.6 Å². The molecular weight excluding hydrogens is 190 g/mol. The van der Waals surface area contributed by atoms with Crippen LogP contribution in [0, 0.1) is 0 Å². The lowest BCUT2D eigenvalue weighted by Gasteiger charge is -2.16. The molecule has 0 aliphatic rings. The molecule has 0 saturated carbocycles. The van der Waals surface area contributed by atoms with Gasteiger partial charge in [0, 0.05) is 11.6 Å². The molecule has 0 amide bonds. The summed E-state index contributed by atoms with van der Waals surface area (Å²) in [6, 6.07) is 1.92. The van der Waals surface area contributed by atoms with Gasteiger partial charge in [-0.3, -0.25) is 0 Å². The van der Waals surface area contributed by atoms with Gasteiger partial charge in [-0.15, -0.1) is 0 Å². The number of hydrogen-bond acceptors (Lipinski definition) is 3. The smallest absolute Gasteiger partial charge is 0.226 e. The molecule has 0 radical (unpaired) electrons. The molecule has 0 spiro atoms. The van der Waals surface area contributed by atoms with Gasteiger partial charge in [-0.25, -0.2) is 4.98 Å². The van der Waals surface area contributed by atoms with Crippen molar-refractivity contribution in [3.05, 3.63) is 18.1 Å². The first kappa shape index (κ1) is 9.96. The van der Waals surface area contributed by atoms with Gasteiger partial charge in [0.2, 0.25) is 5.88 Å². The van der Waals surface area contributed by atoms with Crippen molar-refractivity contribution in [1.29, 1.82) is 0 Å². The second-order valence-corrected chi connectivity index (χ2v) is 4.55. The maximum atomic E-state index is 5.25. The monoisotopic (exact) mass is 205 g/mol. The van der Waals surface area contributed by atoms with Crippen LogP contribution in [0.3, 0.4) is 0 Å². The fraction of sp³-hybridized carbons (Fsp3) is 0.455. The number of aromatic nitrogens is 3. The normalized spacial score (nSPS) is 12.0. The van der Waals surface area contributed by atoms with Gasteiger partial charge in [-0.05, 0) is 6.07 Å². The molecule has 4 heteroatoms. The number of nitrogens with one attached hydrogen (secondary N) is 1. The molecule has 0 saturated heterocycles. The van der Waals surface area contributed by atoms with E-state index in [9.17, 15) is 0 Å². The van der Waals surface area contributed by atoms with Crippen molar-refractivity contribution in [2.45, 2.75) is 26.2 Å². The predicted octanol–water partition coefficient (Wildman–Crippen LogP) is 2.26. The molecule has 2 heterocycles. The summed E-state index contributed by atoms with van der Waals surface area (Å²) in [5, 5.41) is 0.922. The molecule has 0 aliphatic heterocycles. The molecule has 1 N–H and O–H groups in total. The quantitative estimate of drug-likeness (QED) is 0.777. The molecule has 2 aromatic rings. The molecule has 2 rings (SSSR count). The molecule has 0 aliphatic carbocycles. The zero-order valence-corrected chi connectivity index (χ0v) is 9.46. The molecule has 0 fully saturated rings. The average Bonchev–Trinajstić information content (AvgIpc) is 2.62. The van der Waals surface area contributed by atoms with Gasteiger partial charge in [0.1, 0.15) is 11.5 Å². The van der Waals surface area contributed by atoms with E-state index >= 15 is 0 Å². The number of aromatic amines is 1. The first-order chi connectivity index (χ1) is 7.02. The minimum atomic E-state index is -0.0768. The highest BCUT2D eigenvalue weighted by atomic mass is 16.5. The van der Waals surface area contributed by atoms with Crippen LogP contribution in [-0.2, 0) is 5.41 Å². The number of methoxy groups -OCH3 is 1. The topological polar surface area (TPSA) is 50.8 Å². The van der Waals surface area contributed by atoms with E-state index in [0.29, 0.717) is 5.88 Å². The Balaban J connectivity index is 2.69. The van der Waals surface area contributed by atoms with Crippen molar-refractivity contribution >= 4 is 11.0 Å². The van der Waals surface area contributed by atoms with Gasteiger partial charge in [-0.1, -0.05) is 20.8 Å². The van der Waals surface area contributed by atoms with E-state index in [1.165, 1.54) is 0 Å². The van der Waals surface area contributed by atoms with Gasteiger partial charge in [0.25, 0.3) is 0 Å². The maximum Gasteiger partial charge on any atom is 0.226 e. The Hall–Kier alpha value is -1.58. The number of ether oxygens (including phenoxy) is 1. The second-order valence-electron chi connectivity index (χ2n) is 4.55. The average molecular weight is 205 g/mol. The number of rotatable bonds is 1. The van der Waals surface area contributed by atoms with Crippen molar-refractivity contribution in [2.75, 3.05) is 7.11 Å².